The topological polar surface area (TPSA) is 64.7 Å². The first kappa shape index (κ1) is 18.2. The minimum absolute atomic E-state index is 0.0894. The molecule has 3 heterocycles. The predicted octanol–water partition coefficient (Wildman–Crippen LogP) is 4.85. The summed E-state index contributed by atoms with van der Waals surface area (Å²) < 4.78 is 3.67. The molecule has 4 aromatic rings. The number of fused-ring (bicyclic) bond motifs is 2. The summed E-state index contributed by atoms with van der Waals surface area (Å²) in [6, 6.07) is 13.3. The highest BCUT2D eigenvalue weighted by atomic mass is 35.5. The van der Waals surface area contributed by atoms with Crippen LogP contribution in [0.4, 0.5) is 5.82 Å². The van der Waals surface area contributed by atoms with Crippen LogP contribution in [0.25, 0.3) is 17.0 Å². The molecule has 1 atom stereocenters. The Morgan fingerprint density at radius 2 is 1.97 bits per heavy atom. The number of nitrogens with zero attached hydrogens (tertiary/aromatic N) is 4. The molecule has 1 unspecified atom stereocenters. The van der Waals surface area contributed by atoms with Gasteiger partial charge in [0.05, 0.1) is 16.7 Å². The van der Waals surface area contributed by atoms with Crippen molar-refractivity contribution in [2.45, 2.75) is 19.3 Å². The third kappa shape index (κ3) is 2.82. The predicted molar refractivity (Wildman–Crippen MR) is 114 cm³/mol. The van der Waals surface area contributed by atoms with E-state index in [9.17, 15) is 4.79 Å². The third-order valence-electron chi connectivity index (χ3n) is 5.39. The van der Waals surface area contributed by atoms with Crippen molar-refractivity contribution in [3.05, 3.63) is 69.3 Å². The van der Waals surface area contributed by atoms with E-state index in [0.29, 0.717) is 28.2 Å². The maximum absolute atomic E-state index is 12.6. The number of aromatic nitrogens is 4. The first-order valence-corrected chi connectivity index (χ1v) is 9.96. The molecule has 2 aromatic carbocycles. The normalized spacial score (nSPS) is 16.1. The number of amides is 1. The maximum atomic E-state index is 12.6. The van der Waals surface area contributed by atoms with Gasteiger partial charge in [-0.1, -0.05) is 41.4 Å². The number of aryl methyl sites for hydroxylation is 2. The van der Waals surface area contributed by atoms with Crippen molar-refractivity contribution in [2.75, 3.05) is 5.32 Å². The zero-order valence-corrected chi connectivity index (χ0v) is 17.3. The molecule has 1 aliphatic rings. The first-order chi connectivity index (χ1) is 13.9. The second kappa shape index (κ2) is 6.61. The van der Waals surface area contributed by atoms with Crippen LogP contribution in [0.3, 0.4) is 0 Å². The number of benzene rings is 2. The summed E-state index contributed by atoms with van der Waals surface area (Å²) in [7, 11) is 1.94. The van der Waals surface area contributed by atoms with Crippen molar-refractivity contribution < 1.29 is 4.79 Å². The van der Waals surface area contributed by atoms with Gasteiger partial charge in [-0.3, -0.25) is 4.79 Å². The van der Waals surface area contributed by atoms with Crippen LogP contribution in [-0.2, 0) is 11.8 Å². The van der Waals surface area contributed by atoms with Gasteiger partial charge in [-0.2, -0.15) is 9.78 Å². The third-order valence-corrected chi connectivity index (χ3v) is 5.96. The number of imidazole rings is 1. The van der Waals surface area contributed by atoms with Crippen LogP contribution in [0.1, 0.15) is 29.2 Å². The molecule has 1 amide bonds. The van der Waals surface area contributed by atoms with Gasteiger partial charge in [0, 0.05) is 35.0 Å². The fourth-order valence-electron chi connectivity index (χ4n) is 4.06. The molecule has 29 heavy (non-hydrogen) atoms. The number of hydrogen-bond acceptors (Lipinski definition) is 3. The number of rotatable bonds is 2. The lowest BCUT2D eigenvalue weighted by atomic mass is 9.86. The molecule has 0 bridgehead atoms. The van der Waals surface area contributed by atoms with Crippen LogP contribution in [0.5, 0.6) is 0 Å². The highest BCUT2D eigenvalue weighted by Crippen LogP contribution is 2.42. The van der Waals surface area contributed by atoms with Gasteiger partial charge < -0.3 is 9.88 Å². The highest BCUT2D eigenvalue weighted by molar-refractivity contribution is 6.35. The fourth-order valence-corrected chi connectivity index (χ4v) is 4.60. The summed E-state index contributed by atoms with van der Waals surface area (Å²) in [4.78, 5) is 17.3. The second-order valence-electron chi connectivity index (χ2n) is 7.19. The average Bonchev–Trinajstić information content (AvgIpc) is 3.19. The van der Waals surface area contributed by atoms with Crippen molar-refractivity contribution in [1.82, 2.24) is 19.3 Å². The number of hydrogen-bond donors (Lipinski definition) is 1. The minimum atomic E-state index is -0.202. The van der Waals surface area contributed by atoms with Gasteiger partial charge in [-0.15, -0.1) is 0 Å². The van der Waals surface area contributed by atoms with Crippen molar-refractivity contribution >= 4 is 46.0 Å². The quantitative estimate of drug-likeness (QED) is 0.499. The molecule has 5 rings (SSSR count). The Bertz CT molecular complexity index is 1290. The Balaban J connectivity index is 1.72. The lowest BCUT2D eigenvalue weighted by molar-refractivity contribution is -0.116. The Morgan fingerprint density at radius 3 is 2.72 bits per heavy atom. The second-order valence-corrected chi connectivity index (χ2v) is 8.03. The average molecular weight is 426 g/mol. The number of anilines is 1. The zero-order valence-electron chi connectivity index (χ0n) is 15.8. The Kier molecular flexibility index (Phi) is 4.15. The zero-order chi connectivity index (χ0) is 20.3. The number of nitrogens with one attached hydrogen (secondary N) is 1. The minimum Gasteiger partial charge on any atom is -0.311 e. The SMILES string of the molecule is Cc1nn(-c2nc3ccccc3n2C)c2c1C(c1ccc(Cl)cc1Cl)CC(=O)N2. The van der Waals surface area contributed by atoms with E-state index in [0.717, 1.165) is 27.9 Å². The van der Waals surface area contributed by atoms with E-state index in [2.05, 4.69) is 5.32 Å². The lowest BCUT2D eigenvalue weighted by Crippen LogP contribution is -2.25. The van der Waals surface area contributed by atoms with Gasteiger partial charge in [0.2, 0.25) is 11.9 Å². The molecule has 0 fully saturated rings. The molecule has 0 aliphatic carbocycles. The van der Waals surface area contributed by atoms with Gasteiger partial charge in [0.25, 0.3) is 0 Å². The number of carbonyl (C=O) groups is 1. The fraction of sp³-hybridized carbons (Fsp3) is 0.190. The summed E-state index contributed by atoms with van der Waals surface area (Å²) in [6.45, 7) is 1.94. The largest absolute Gasteiger partial charge is 0.311 e. The standard InChI is InChI=1S/C21H17Cl2N5O/c1-11-19-14(13-8-7-12(22)9-15(13)23)10-18(29)25-20(19)28(26-11)21-24-16-5-3-4-6-17(16)27(21)2/h3-9,14H,10H2,1-2H3,(H,25,29). The molecule has 2 aromatic heterocycles. The van der Waals surface area contributed by atoms with Gasteiger partial charge >= 0.3 is 0 Å². The molecular formula is C21H17Cl2N5O. The van der Waals surface area contributed by atoms with Crippen LogP contribution in [-0.4, -0.2) is 25.2 Å². The molecule has 8 heteroatoms. The molecule has 6 nitrogen and oxygen atoms in total. The molecule has 1 aliphatic heterocycles. The van der Waals surface area contributed by atoms with Crippen molar-refractivity contribution in [1.29, 1.82) is 0 Å². The van der Waals surface area contributed by atoms with E-state index >= 15 is 0 Å². The van der Waals surface area contributed by atoms with Crippen LogP contribution in [0, 0.1) is 6.92 Å². The number of para-hydroxylation sites is 2. The van der Waals surface area contributed by atoms with Gasteiger partial charge in [0.15, 0.2) is 0 Å². The summed E-state index contributed by atoms with van der Waals surface area (Å²) in [5.41, 5.74) is 4.49. The van der Waals surface area contributed by atoms with E-state index in [1.165, 1.54) is 0 Å². The summed E-state index contributed by atoms with van der Waals surface area (Å²) >= 11 is 12.5. The van der Waals surface area contributed by atoms with E-state index in [-0.39, 0.29) is 11.8 Å². The summed E-state index contributed by atoms with van der Waals surface area (Å²) in [5.74, 6) is 0.979. The Labute approximate surface area is 177 Å². The highest BCUT2D eigenvalue weighted by Gasteiger charge is 2.34. The van der Waals surface area contributed by atoms with Crippen molar-refractivity contribution in [2.24, 2.45) is 7.05 Å². The Hall–Kier alpha value is -2.83. The van der Waals surface area contributed by atoms with E-state index < -0.39 is 0 Å². The monoisotopic (exact) mass is 425 g/mol. The Morgan fingerprint density at radius 1 is 1.17 bits per heavy atom. The summed E-state index contributed by atoms with van der Waals surface area (Å²) in [5, 5.41) is 8.82. The molecule has 146 valence electrons. The molecule has 1 N–H and O–H groups in total. The molecule has 0 saturated carbocycles. The van der Waals surface area contributed by atoms with Crippen LogP contribution in [0.2, 0.25) is 10.0 Å². The first-order valence-electron chi connectivity index (χ1n) is 9.20. The number of carbonyl (C=O) groups excluding carboxylic acids is 1. The van der Waals surface area contributed by atoms with Gasteiger partial charge in [0.1, 0.15) is 5.82 Å². The van der Waals surface area contributed by atoms with Crippen LogP contribution < -0.4 is 5.32 Å². The van der Waals surface area contributed by atoms with E-state index in [4.69, 9.17) is 33.3 Å². The lowest BCUT2D eigenvalue weighted by Gasteiger charge is -2.25. The van der Waals surface area contributed by atoms with Crippen LogP contribution in [0.15, 0.2) is 42.5 Å². The maximum Gasteiger partial charge on any atom is 0.233 e. The van der Waals surface area contributed by atoms with Crippen LogP contribution >= 0.6 is 23.2 Å². The van der Waals surface area contributed by atoms with E-state index in [1.54, 1.807) is 16.8 Å². The van der Waals surface area contributed by atoms with Gasteiger partial charge in [-0.05, 0) is 36.8 Å². The molecular weight excluding hydrogens is 409 g/mol. The summed E-state index contributed by atoms with van der Waals surface area (Å²) in [6.07, 6.45) is 0.295. The van der Waals surface area contributed by atoms with Crippen molar-refractivity contribution in [3.8, 4) is 5.95 Å². The van der Waals surface area contributed by atoms with E-state index in [1.807, 2.05) is 48.9 Å². The molecule has 0 spiro atoms. The smallest absolute Gasteiger partial charge is 0.233 e. The van der Waals surface area contributed by atoms with Crippen molar-refractivity contribution in [3.63, 3.8) is 0 Å². The molecule has 0 radical (unpaired) electrons. The molecule has 0 saturated heterocycles. The number of halogens is 2. The van der Waals surface area contributed by atoms with Gasteiger partial charge in [-0.25, -0.2) is 4.98 Å².